The van der Waals surface area contributed by atoms with E-state index in [0.717, 1.165) is 0 Å². The van der Waals surface area contributed by atoms with Gasteiger partial charge in [0.15, 0.2) is 0 Å². The molecule has 4 heteroatoms. The predicted molar refractivity (Wildman–Crippen MR) is 93.2 cm³/mol. The second kappa shape index (κ2) is 6.34. The first-order valence-corrected chi connectivity index (χ1v) is 18.5. The van der Waals surface area contributed by atoms with Gasteiger partial charge >= 0.3 is 127 Å². The van der Waals surface area contributed by atoms with Crippen LogP contribution in [0.15, 0.2) is 0 Å². The maximum absolute atomic E-state index is 6.64. The van der Waals surface area contributed by atoms with Crippen molar-refractivity contribution in [1.82, 2.24) is 0 Å². The summed E-state index contributed by atoms with van der Waals surface area (Å²) in [6.45, 7) is 12.9. The van der Waals surface area contributed by atoms with Gasteiger partial charge in [-0.2, -0.15) is 0 Å². The van der Waals surface area contributed by atoms with Crippen molar-refractivity contribution in [3.63, 3.8) is 0 Å². The summed E-state index contributed by atoms with van der Waals surface area (Å²) in [5.74, 6) is 0. The molecule has 0 radical (unpaired) electrons. The summed E-state index contributed by atoms with van der Waals surface area (Å²) in [6.07, 6.45) is 6.28. The van der Waals surface area contributed by atoms with Gasteiger partial charge in [-0.05, 0) is 0 Å². The molecule has 0 aliphatic carbocycles. The van der Waals surface area contributed by atoms with Crippen LogP contribution in [0.4, 0.5) is 0 Å². The Balaban J connectivity index is 3.49. The van der Waals surface area contributed by atoms with Crippen molar-refractivity contribution < 1.29 is 4.57 Å². The maximum atomic E-state index is 6.64. The van der Waals surface area contributed by atoms with Crippen molar-refractivity contribution in [2.24, 2.45) is 0 Å². The quantitative estimate of drug-likeness (QED) is 0.551. The molecule has 1 atom stereocenters. The zero-order valence-corrected chi connectivity index (χ0v) is 17.5. The summed E-state index contributed by atoms with van der Waals surface area (Å²) in [6, 6.07) is 0. The van der Waals surface area contributed by atoms with Crippen LogP contribution in [-0.2, 0) is 4.57 Å². The van der Waals surface area contributed by atoms with Crippen LogP contribution in [0.5, 0.6) is 0 Å². The monoisotopic (exact) mass is 372 g/mol. The van der Waals surface area contributed by atoms with E-state index in [1.54, 1.807) is 0 Å². The van der Waals surface area contributed by atoms with Crippen LogP contribution in [0.1, 0.15) is 53.9 Å². The second-order valence-corrected chi connectivity index (χ2v) is 22.8. The topological polar surface area (TPSA) is 9.23 Å². The minimum absolute atomic E-state index is 0.436. The summed E-state index contributed by atoms with van der Waals surface area (Å²) in [5, 5.41) is 0.436. The number of hydrogen-bond acceptors (Lipinski definition) is 1. The molecule has 0 aromatic carbocycles. The molecular formula is C15H34B2OSn. The fourth-order valence-electron chi connectivity index (χ4n) is 5.66. The third kappa shape index (κ3) is 2.35. The Morgan fingerprint density at radius 3 is 1.53 bits per heavy atom. The van der Waals surface area contributed by atoms with E-state index in [0.29, 0.717) is 22.5 Å². The first-order chi connectivity index (χ1) is 8.81. The molecule has 0 N–H and O–H groups in total. The Kier molecular flexibility index (Phi) is 5.98. The van der Waals surface area contributed by atoms with E-state index in [9.17, 15) is 0 Å². The average molecular weight is 371 g/mol. The van der Waals surface area contributed by atoms with Gasteiger partial charge in [0, 0.05) is 0 Å². The van der Waals surface area contributed by atoms with E-state index in [4.69, 9.17) is 4.57 Å². The van der Waals surface area contributed by atoms with Gasteiger partial charge in [0.1, 0.15) is 0 Å². The van der Waals surface area contributed by atoms with Gasteiger partial charge in [-0.1, -0.05) is 0 Å². The fraction of sp³-hybridized carbons (Fsp3) is 1.00. The summed E-state index contributed by atoms with van der Waals surface area (Å²) < 4.78 is 7.16. The molecule has 1 heterocycles. The second-order valence-electron chi connectivity index (χ2n) is 7.37. The molecule has 0 aromatic heterocycles. The Bertz CT molecular complexity index is 299. The first kappa shape index (κ1) is 17.9. The predicted octanol–water partition coefficient (Wildman–Crippen LogP) is 5.63. The zero-order valence-electron chi connectivity index (χ0n) is 14.6. The van der Waals surface area contributed by atoms with E-state index in [2.05, 4.69) is 49.4 Å². The normalized spacial score (nSPS) is 27.2. The fourth-order valence-corrected chi connectivity index (χ4v) is 18.0. The van der Waals surface area contributed by atoms with E-state index in [1.807, 2.05) is 0 Å². The van der Waals surface area contributed by atoms with Gasteiger partial charge in [-0.25, -0.2) is 0 Å². The van der Waals surface area contributed by atoms with Crippen LogP contribution in [0, 0.1) is 0 Å². The van der Waals surface area contributed by atoms with Gasteiger partial charge in [0.2, 0.25) is 0 Å². The summed E-state index contributed by atoms with van der Waals surface area (Å²) >= 11 is -2.14. The molecule has 0 aromatic rings. The van der Waals surface area contributed by atoms with Crippen LogP contribution in [0.2, 0.25) is 36.1 Å². The minimum atomic E-state index is -2.14. The summed E-state index contributed by atoms with van der Waals surface area (Å²) in [7, 11) is 0. The van der Waals surface area contributed by atoms with Gasteiger partial charge in [-0.15, -0.1) is 0 Å². The molecule has 1 aliphatic rings. The molecule has 1 saturated heterocycles. The van der Waals surface area contributed by atoms with Crippen LogP contribution in [0.25, 0.3) is 0 Å². The van der Waals surface area contributed by atoms with E-state index < -0.39 is 18.4 Å². The van der Waals surface area contributed by atoms with Crippen molar-refractivity contribution in [3.05, 3.63) is 0 Å². The van der Waals surface area contributed by atoms with Crippen molar-refractivity contribution in [3.8, 4) is 0 Å². The number of hydrogen-bond donors (Lipinski definition) is 0. The van der Waals surface area contributed by atoms with Crippen LogP contribution >= 0.6 is 0 Å². The molecule has 1 unspecified atom stereocenters. The molecule has 19 heavy (non-hydrogen) atoms. The molecule has 0 bridgehead atoms. The van der Waals surface area contributed by atoms with Crippen molar-refractivity contribution in [2.75, 3.05) is 0 Å². The van der Waals surface area contributed by atoms with Gasteiger partial charge in [-0.3, -0.25) is 0 Å². The molecular weight excluding hydrogens is 336 g/mol. The molecule has 1 nitrogen and oxygen atoms in total. The molecule has 1 aliphatic heterocycles. The zero-order chi connectivity index (χ0) is 14.9. The third-order valence-corrected chi connectivity index (χ3v) is 17.3. The van der Waals surface area contributed by atoms with E-state index >= 15 is 0 Å². The van der Waals surface area contributed by atoms with E-state index in [1.165, 1.54) is 31.9 Å². The van der Waals surface area contributed by atoms with Gasteiger partial charge in [0.25, 0.3) is 0 Å². The Morgan fingerprint density at radius 1 is 0.789 bits per heavy atom. The van der Waals surface area contributed by atoms with Crippen molar-refractivity contribution >= 4 is 32.2 Å². The Hall–Kier alpha value is 0.889. The standard InChI is InChI=1S/C12H25B2O.3CH3.Sn/c1-6-11-12(7-2,8-3)14(10-5)15-13(11)9-4;;;;/h6-10H2,1-5H3;3*1H3;. The average Bonchev–Trinajstić information content (AvgIpc) is 2.67. The van der Waals surface area contributed by atoms with Crippen LogP contribution < -0.4 is 0 Å². The summed E-state index contributed by atoms with van der Waals surface area (Å²) in [4.78, 5) is 7.92. The summed E-state index contributed by atoms with van der Waals surface area (Å²) in [5.41, 5.74) is 0. The SMILES string of the molecule is CCB1OB(CC)[C](CC)([Sn]([CH3])([CH3])[CH3])C1(CC)CC. The van der Waals surface area contributed by atoms with E-state index in [-0.39, 0.29) is 0 Å². The molecule has 0 amide bonds. The molecule has 1 rings (SSSR count). The van der Waals surface area contributed by atoms with Gasteiger partial charge < -0.3 is 0 Å². The third-order valence-electron chi connectivity index (χ3n) is 6.28. The molecule has 0 spiro atoms. The molecule has 110 valence electrons. The van der Waals surface area contributed by atoms with Crippen LogP contribution in [-0.4, -0.2) is 32.2 Å². The van der Waals surface area contributed by atoms with Crippen LogP contribution in [0.3, 0.4) is 0 Å². The molecule has 0 saturated carbocycles. The van der Waals surface area contributed by atoms with Gasteiger partial charge in [0.05, 0.1) is 0 Å². The Morgan fingerprint density at radius 2 is 1.26 bits per heavy atom. The molecule has 1 fully saturated rings. The Labute approximate surface area is 126 Å². The first-order valence-electron chi connectivity index (χ1n) is 8.46. The van der Waals surface area contributed by atoms with Crippen molar-refractivity contribution in [1.29, 1.82) is 0 Å². The number of rotatable bonds is 6. The van der Waals surface area contributed by atoms with Crippen molar-refractivity contribution in [2.45, 2.75) is 90.0 Å².